The van der Waals surface area contributed by atoms with Gasteiger partial charge in [-0.1, -0.05) is 28.9 Å². The molecule has 0 aliphatic carbocycles. The highest BCUT2D eigenvalue weighted by Gasteiger charge is 2.20. The number of aromatic nitrogens is 2. The molecule has 0 spiro atoms. The second-order valence-corrected chi connectivity index (χ2v) is 6.49. The Morgan fingerprint density at radius 1 is 1.16 bits per heavy atom. The van der Waals surface area contributed by atoms with E-state index in [4.69, 9.17) is 20.9 Å². The lowest BCUT2D eigenvalue weighted by molar-refractivity contribution is -0.385. The van der Waals surface area contributed by atoms with E-state index in [1.165, 1.54) is 31.4 Å². The van der Waals surface area contributed by atoms with Crippen molar-refractivity contribution in [2.75, 3.05) is 20.2 Å². The highest BCUT2D eigenvalue weighted by molar-refractivity contribution is 6.30. The fraction of sp³-hybridized carbons (Fsp3) is 0.158. The summed E-state index contributed by atoms with van der Waals surface area (Å²) in [7, 11) is 1.47. The van der Waals surface area contributed by atoms with Gasteiger partial charge in [-0.2, -0.15) is 4.98 Å². The topological polar surface area (TPSA) is 149 Å². The fourth-order valence-electron chi connectivity index (χ4n) is 2.63. The first kappa shape index (κ1) is 21.7. The van der Waals surface area contributed by atoms with E-state index in [2.05, 4.69) is 20.8 Å². The molecule has 0 radical (unpaired) electrons. The van der Waals surface area contributed by atoms with E-state index in [1.54, 1.807) is 18.2 Å². The number of hydrogen-bond donors (Lipinski definition) is 2. The summed E-state index contributed by atoms with van der Waals surface area (Å²) in [6, 6.07) is 10.4. The number of carbonyl (C=O) groups excluding carboxylic acids is 2. The molecule has 31 heavy (non-hydrogen) atoms. The number of nitro benzene ring substituents is 1. The lowest BCUT2D eigenvalue weighted by Crippen LogP contribution is -2.35. The van der Waals surface area contributed by atoms with Gasteiger partial charge < -0.3 is 19.9 Å². The molecule has 3 rings (SSSR count). The minimum Gasteiger partial charge on any atom is -0.496 e. The van der Waals surface area contributed by atoms with Gasteiger partial charge in [0.2, 0.25) is 5.82 Å². The van der Waals surface area contributed by atoms with Gasteiger partial charge in [-0.05, 0) is 24.3 Å². The van der Waals surface area contributed by atoms with Gasteiger partial charge in [0.15, 0.2) is 0 Å². The third-order valence-electron chi connectivity index (χ3n) is 4.06. The molecule has 2 N–H and O–H groups in total. The molecule has 1 aromatic heterocycles. The van der Waals surface area contributed by atoms with Crippen LogP contribution >= 0.6 is 11.6 Å². The van der Waals surface area contributed by atoms with Crippen molar-refractivity contribution in [2.45, 2.75) is 0 Å². The first-order valence-electron chi connectivity index (χ1n) is 8.88. The van der Waals surface area contributed by atoms with Gasteiger partial charge in [0.1, 0.15) is 11.3 Å². The second kappa shape index (κ2) is 9.67. The predicted molar refractivity (Wildman–Crippen MR) is 109 cm³/mol. The molecule has 0 atom stereocenters. The molecule has 1 heterocycles. The minimum atomic E-state index is -0.653. The molecule has 11 nitrogen and oxygen atoms in total. The van der Waals surface area contributed by atoms with Crippen LogP contribution in [0.25, 0.3) is 11.4 Å². The normalized spacial score (nSPS) is 10.4. The number of nitro groups is 1. The summed E-state index contributed by atoms with van der Waals surface area (Å²) in [6.45, 7) is 0.0587. The first-order chi connectivity index (χ1) is 14.9. The van der Waals surface area contributed by atoms with Gasteiger partial charge in [-0.3, -0.25) is 19.7 Å². The maximum atomic E-state index is 12.2. The maximum Gasteiger partial charge on any atom is 0.316 e. The van der Waals surface area contributed by atoms with Gasteiger partial charge >= 0.3 is 11.8 Å². The van der Waals surface area contributed by atoms with Crippen LogP contribution in [-0.2, 0) is 0 Å². The number of nitrogens with zero attached hydrogens (tertiary/aromatic N) is 3. The molecule has 2 aromatic carbocycles. The van der Waals surface area contributed by atoms with Gasteiger partial charge in [-0.25, -0.2) is 0 Å². The average Bonchev–Trinajstić information content (AvgIpc) is 3.26. The summed E-state index contributed by atoms with van der Waals surface area (Å²) >= 11 is 5.98. The second-order valence-electron chi connectivity index (χ2n) is 6.05. The van der Waals surface area contributed by atoms with Crippen molar-refractivity contribution in [1.82, 2.24) is 20.8 Å². The fourth-order valence-corrected chi connectivity index (χ4v) is 2.80. The average molecular weight is 446 g/mol. The number of hydrogen-bond acceptors (Lipinski definition) is 8. The van der Waals surface area contributed by atoms with Crippen LogP contribution in [0.5, 0.6) is 5.75 Å². The number of carbonyl (C=O) groups is 2. The zero-order chi connectivity index (χ0) is 22.4. The summed E-state index contributed by atoms with van der Waals surface area (Å²) < 4.78 is 10.2. The Bertz CT molecular complexity index is 1130. The molecule has 0 aliphatic heterocycles. The lowest BCUT2D eigenvalue weighted by Gasteiger charge is -2.06. The lowest BCUT2D eigenvalue weighted by atomic mass is 10.1. The molecule has 12 heteroatoms. The molecule has 2 amide bonds. The van der Waals surface area contributed by atoms with E-state index in [9.17, 15) is 19.7 Å². The monoisotopic (exact) mass is 445 g/mol. The Morgan fingerprint density at radius 2 is 1.87 bits per heavy atom. The summed E-state index contributed by atoms with van der Waals surface area (Å²) in [5.74, 6) is -1.000. The van der Waals surface area contributed by atoms with Crippen LogP contribution in [0.4, 0.5) is 5.69 Å². The number of ether oxygens (including phenoxy) is 1. The molecular formula is C19H16ClN5O6. The predicted octanol–water partition coefficient (Wildman–Crippen LogP) is 2.47. The van der Waals surface area contributed by atoms with Crippen molar-refractivity contribution in [2.24, 2.45) is 0 Å². The van der Waals surface area contributed by atoms with Crippen LogP contribution in [-0.4, -0.2) is 47.1 Å². The van der Waals surface area contributed by atoms with Gasteiger partial charge in [0, 0.05) is 24.2 Å². The molecule has 0 fully saturated rings. The Morgan fingerprint density at radius 3 is 2.58 bits per heavy atom. The van der Waals surface area contributed by atoms with Crippen LogP contribution in [0.15, 0.2) is 47.0 Å². The number of rotatable bonds is 8. The molecule has 160 valence electrons. The summed E-state index contributed by atoms with van der Waals surface area (Å²) in [5, 5.41) is 20.2. The van der Waals surface area contributed by atoms with E-state index in [1.807, 2.05) is 0 Å². The molecule has 0 aliphatic rings. The van der Waals surface area contributed by atoms with E-state index >= 15 is 0 Å². The number of amides is 2. The summed E-state index contributed by atoms with van der Waals surface area (Å²) in [4.78, 5) is 38.7. The SMILES string of the molecule is COc1ccc(Cl)cc1-c1noc(C(=O)NCCNC(=O)c2ccccc2[N+](=O)[O-])n1. The highest BCUT2D eigenvalue weighted by Crippen LogP contribution is 2.30. The van der Waals surface area contributed by atoms with Crippen molar-refractivity contribution in [1.29, 1.82) is 0 Å². The Labute approximate surface area is 180 Å². The molecule has 0 saturated heterocycles. The van der Waals surface area contributed by atoms with Crippen molar-refractivity contribution < 1.29 is 23.8 Å². The Balaban J connectivity index is 1.56. The number of benzene rings is 2. The quantitative estimate of drug-likeness (QED) is 0.305. The van der Waals surface area contributed by atoms with Crippen molar-refractivity contribution in [3.8, 4) is 17.1 Å². The van der Waals surface area contributed by atoms with Crippen LogP contribution in [0.3, 0.4) is 0 Å². The number of para-hydroxylation sites is 1. The van der Waals surface area contributed by atoms with E-state index in [0.29, 0.717) is 16.3 Å². The smallest absolute Gasteiger partial charge is 0.316 e. The minimum absolute atomic E-state index is 0.0275. The van der Waals surface area contributed by atoms with Crippen LogP contribution in [0.2, 0.25) is 5.02 Å². The van der Waals surface area contributed by atoms with Crippen molar-refractivity contribution in [3.05, 3.63) is 69.1 Å². The summed E-state index contributed by atoms with van der Waals surface area (Å²) in [5.41, 5.74) is 0.0734. The number of nitrogens with one attached hydrogen (secondary N) is 2. The number of halogens is 1. The largest absolute Gasteiger partial charge is 0.496 e. The van der Waals surface area contributed by atoms with Crippen LogP contribution < -0.4 is 15.4 Å². The molecule has 3 aromatic rings. The van der Waals surface area contributed by atoms with Crippen LogP contribution in [0.1, 0.15) is 21.0 Å². The third-order valence-corrected chi connectivity index (χ3v) is 4.30. The zero-order valence-corrected chi connectivity index (χ0v) is 16.9. The van der Waals surface area contributed by atoms with Gasteiger partial charge in [0.05, 0.1) is 17.6 Å². The van der Waals surface area contributed by atoms with Gasteiger partial charge in [0.25, 0.3) is 11.6 Å². The summed E-state index contributed by atoms with van der Waals surface area (Å²) in [6.07, 6.45) is 0. The van der Waals surface area contributed by atoms with Gasteiger partial charge in [-0.15, -0.1) is 0 Å². The maximum absolute atomic E-state index is 12.2. The zero-order valence-electron chi connectivity index (χ0n) is 16.1. The highest BCUT2D eigenvalue weighted by atomic mass is 35.5. The van der Waals surface area contributed by atoms with Crippen molar-refractivity contribution >= 4 is 29.1 Å². The molecule has 0 saturated carbocycles. The van der Waals surface area contributed by atoms with E-state index in [-0.39, 0.29) is 36.1 Å². The van der Waals surface area contributed by atoms with E-state index in [0.717, 1.165) is 0 Å². The Kier molecular flexibility index (Phi) is 6.78. The van der Waals surface area contributed by atoms with Crippen molar-refractivity contribution in [3.63, 3.8) is 0 Å². The standard InChI is InChI=1S/C19H16ClN5O6/c1-30-15-7-6-11(20)10-13(15)16-23-19(31-24-16)18(27)22-9-8-21-17(26)12-4-2-3-5-14(12)25(28)29/h2-7,10H,8-9H2,1H3,(H,21,26)(H,22,27). The molecule has 0 bridgehead atoms. The van der Waals surface area contributed by atoms with E-state index < -0.39 is 16.7 Å². The van der Waals surface area contributed by atoms with Crippen LogP contribution in [0, 0.1) is 10.1 Å². The molecular weight excluding hydrogens is 430 g/mol. The first-order valence-corrected chi connectivity index (χ1v) is 9.26. The molecule has 0 unspecified atom stereocenters. The third kappa shape index (κ3) is 5.14. The Hall–Kier alpha value is -3.99. The number of methoxy groups -OCH3 is 1.